The summed E-state index contributed by atoms with van der Waals surface area (Å²) in [6, 6.07) is 8.93. The number of rotatable bonds is 6. The summed E-state index contributed by atoms with van der Waals surface area (Å²) in [4.78, 5) is 12.7. The molecule has 0 atom stereocenters. The van der Waals surface area contributed by atoms with E-state index in [1.54, 1.807) is 11.3 Å². The summed E-state index contributed by atoms with van der Waals surface area (Å²) >= 11 is 1.78. The molecule has 2 heterocycles. The van der Waals surface area contributed by atoms with E-state index in [0.29, 0.717) is 0 Å². The van der Waals surface area contributed by atoms with Crippen molar-refractivity contribution in [2.75, 3.05) is 31.6 Å². The highest BCUT2D eigenvalue weighted by Gasteiger charge is 2.15. The number of anilines is 1. The molecule has 29 heavy (non-hydrogen) atoms. The number of piperidine rings is 1. The molecule has 2 aromatic rings. The fourth-order valence-electron chi connectivity index (χ4n) is 3.43. The molecule has 0 aliphatic carbocycles. The Bertz CT molecular complexity index is 760. The molecule has 7 heteroatoms. The summed E-state index contributed by atoms with van der Waals surface area (Å²) in [5, 5.41) is 7.96. The van der Waals surface area contributed by atoms with Gasteiger partial charge in [-0.3, -0.25) is 4.99 Å². The number of benzene rings is 1. The van der Waals surface area contributed by atoms with Crippen molar-refractivity contribution >= 4 is 47.0 Å². The predicted octanol–water partition coefficient (Wildman–Crippen LogP) is 4.52. The van der Waals surface area contributed by atoms with Crippen LogP contribution in [-0.4, -0.2) is 37.6 Å². The van der Waals surface area contributed by atoms with E-state index in [2.05, 4.69) is 70.5 Å². The molecule has 1 aliphatic rings. The number of nitrogens with one attached hydrogen (secondary N) is 2. The normalized spacial score (nSPS) is 15.2. The van der Waals surface area contributed by atoms with Gasteiger partial charge in [0.15, 0.2) is 5.96 Å². The molecule has 3 rings (SSSR count). The van der Waals surface area contributed by atoms with Crippen molar-refractivity contribution in [3.05, 3.63) is 45.4 Å². The molecule has 2 N–H and O–H groups in total. The zero-order chi connectivity index (χ0) is 19.9. The molecule has 160 valence electrons. The van der Waals surface area contributed by atoms with Gasteiger partial charge in [-0.1, -0.05) is 19.1 Å². The Morgan fingerprint density at radius 3 is 2.45 bits per heavy atom. The quantitative estimate of drug-likeness (QED) is 0.330. The van der Waals surface area contributed by atoms with E-state index in [1.807, 2.05) is 7.05 Å². The van der Waals surface area contributed by atoms with Gasteiger partial charge in [0.25, 0.3) is 0 Å². The number of guanidine groups is 1. The molecular weight excluding hydrogens is 493 g/mol. The topological polar surface area (TPSA) is 52.6 Å². The SMILES string of the molecule is CN=C(NCCc1nc(C)c(C)s1)NCc1ccc(N2CCC(C)CC2)cc1.I. The van der Waals surface area contributed by atoms with Crippen LogP contribution in [0.15, 0.2) is 29.3 Å². The van der Waals surface area contributed by atoms with E-state index in [0.717, 1.165) is 37.1 Å². The molecule has 0 spiro atoms. The Kier molecular flexibility index (Phi) is 9.68. The van der Waals surface area contributed by atoms with E-state index in [9.17, 15) is 0 Å². The molecule has 1 fully saturated rings. The first kappa shape index (κ1) is 23.9. The Morgan fingerprint density at radius 1 is 1.17 bits per heavy atom. The number of halogens is 1. The van der Waals surface area contributed by atoms with E-state index in [-0.39, 0.29) is 24.0 Å². The second-order valence-corrected chi connectivity index (χ2v) is 8.98. The number of aliphatic imine (C=N–C) groups is 1. The fraction of sp³-hybridized carbons (Fsp3) is 0.545. The van der Waals surface area contributed by atoms with Crippen molar-refractivity contribution in [3.8, 4) is 0 Å². The van der Waals surface area contributed by atoms with Gasteiger partial charge in [-0.25, -0.2) is 4.98 Å². The highest BCUT2D eigenvalue weighted by molar-refractivity contribution is 14.0. The number of aromatic nitrogens is 1. The molecular formula is C22H34IN5S. The summed E-state index contributed by atoms with van der Waals surface area (Å²) in [6.07, 6.45) is 3.51. The van der Waals surface area contributed by atoms with Crippen molar-refractivity contribution in [3.63, 3.8) is 0 Å². The lowest BCUT2D eigenvalue weighted by Crippen LogP contribution is -2.37. The van der Waals surface area contributed by atoms with Gasteiger partial charge in [-0.05, 0) is 50.3 Å². The van der Waals surface area contributed by atoms with Crippen molar-refractivity contribution in [1.82, 2.24) is 15.6 Å². The second kappa shape index (κ2) is 11.7. The van der Waals surface area contributed by atoms with E-state index < -0.39 is 0 Å². The minimum atomic E-state index is 0. The Balaban J connectivity index is 0.00000300. The lowest BCUT2D eigenvalue weighted by molar-refractivity contribution is 0.438. The molecule has 0 bridgehead atoms. The van der Waals surface area contributed by atoms with Crippen LogP contribution in [-0.2, 0) is 13.0 Å². The van der Waals surface area contributed by atoms with Gasteiger partial charge < -0.3 is 15.5 Å². The minimum absolute atomic E-state index is 0. The molecule has 1 aromatic carbocycles. The summed E-state index contributed by atoms with van der Waals surface area (Å²) in [6.45, 7) is 10.5. The Labute approximate surface area is 196 Å². The van der Waals surface area contributed by atoms with Crippen LogP contribution in [0.4, 0.5) is 5.69 Å². The zero-order valence-corrected chi connectivity index (χ0v) is 21.1. The predicted molar refractivity (Wildman–Crippen MR) is 136 cm³/mol. The highest BCUT2D eigenvalue weighted by Crippen LogP contribution is 2.23. The largest absolute Gasteiger partial charge is 0.372 e. The van der Waals surface area contributed by atoms with Crippen molar-refractivity contribution in [2.45, 2.75) is 46.6 Å². The maximum atomic E-state index is 4.59. The molecule has 0 saturated carbocycles. The van der Waals surface area contributed by atoms with E-state index in [4.69, 9.17) is 0 Å². The van der Waals surface area contributed by atoms with Crippen LogP contribution in [0.5, 0.6) is 0 Å². The third kappa shape index (κ3) is 7.13. The Morgan fingerprint density at radius 2 is 1.86 bits per heavy atom. The first-order valence-corrected chi connectivity index (χ1v) is 11.1. The third-order valence-corrected chi connectivity index (χ3v) is 6.61. The molecule has 0 unspecified atom stereocenters. The first-order valence-electron chi connectivity index (χ1n) is 10.3. The minimum Gasteiger partial charge on any atom is -0.372 e. The average molecular weight is 528 g/mol. The maximum absolute atomic E-state index is 4.59. The maximum Gasteiger partial charge on any atom is 0.191 e. The monoisotopic (exact) mass is 527 g/mol. The fourth-order valence-corrected chi connectivity index (χ4v) is 4.37. The van der Waals surface area contributed by atoms with Gasteiger partial charge in [0.2, 0.25) is 0 Å². The van der Waals surface area contributed by atoms with Crippen molar-refractivity contribution in [1.29, 1.82) is 0 Å². The third-order valence-electron chi connectivity index (χ3n) is 5.47. The van der Waals surface area contributed by atoms with Crippen LogP contribution in [0.3, 0.4) is 0 Å². The number of hydrogen-bond acceptors (Lipinski definition) is 4. The smallest absolute Gasteiger partial charge is 0.191 e. The average Bonchev–Trinajstić information content (AvgIpc) is 3.03. The van der Waals surface area contributed by atoms with Gasteiger partial charge in [-0.15, -0.1) is 35.3 Å². The van der Waals surface area contributed by atoms with Crippen molar-refractivity contribution < 1.29 is 0 Å². The van der Waals surface area contributed by atoms with Crippen LogP contribution >= 0.6 is 35.3 Å². The molecule has 1 aliphatic heterocycles. The Hall–Kier alpha value is -1.35. The van der Waals surface area contributed by atoms with Crippen LogP contribution in [0.1, 0.15) is 40.9 Å². The first-order chi connectivity index (χ1) is 13.5. The zero-order valence-electron chi connectivity index (χ0n) is 18.0. The standard InChI is InChI=1S/C22H33N5S.HI/c1-16-10-13-27(14-11-16)20-7-5-19(6-8-20)15-25-22(23-4)24-12-9-21-26-17(2)18(3)28-21;/h5-8,16H,9-15H2,1-4H3,(H2,23,24,25);1H. The number of aryl methyl sites for hydroxylation is 2. The molecule has 1 aromatic heterocycles. The molecule has 5 nitrogen and oxygen atoms in total. The summed E-state index contributed by atoms with van der Waals surface area (Å²) in [5.74, 6) is 1.70. The summed E-state index contributed by atoms with van der Waals surface area (Å²) in [5.41, 5.74) is 3.75. The second-order valence-electron chi connectivity index (χ2n) is 7.69. The van der Waals surface area contributed by atoms with Gasteiger partial charge in [0.1, 0.15) is 0 Å². The van der Waals surface area contributed by atoms with Gasteiger partial charge in [0, 0.05) is 50.2 Å². The summed E-state index contributed by atoms with van der Waals surface area (Å²) in [7, 11) is 1.81. The van der Waals surface area contributed by atoms with Crippen LogP contribution in [0, 0.1) is 19.8 Å². The van der Waals surface area contributed by atoms with Gasteiger partial charge in [0.05, 0.1) is 10.7 Å². The van der Waals surface area contributed by atoms with Gasteiger partial charge >= 0.3 is 0 Å². The highest BCUT2D eigenvalue weighted by atomic mass is 127. The van der Waals surface area contributed by atoms with Crippen molar-refractivity contribution in [2.24, 2.45) is 10.9 Å². The molecule has 0 radical (unpaired) electrons. The van der Waals surface area contributed by atoms with Gasteiger partial charge in [-0.2, -0.15) is 0 Å². The summed E-state index contributed by atoms with van der Waals surface area (Å²) < 4.78 is 0. The number of thiazole rings is 1. The number of hydrogen-bond donors (Lipinski definition) is 2. The van der Waals surface area contributed by atoms with Crippen LogP contribution in [0.2, 0.25) is 0 Å². The lowest BCUT2D eigenvalue weighted by Gasteiger charge is -2.32. The van der Waals surface area contributed by atoms with Crippen LogP contribution in [0.25, 0.3) is 0 Å². The van der Waals surface area contributed by atoms with Crippen LogP contribution < -0.4 is 15.5 Å². The van der Waals surface area contributed by atoms with E-state index >= 15 is 0 Å². The number of nitrogens with zero attached hydrogens (tertiary/aromatic N) is 3. The molecule has 0 amide bonds. The lowest BCUT2D eigenvalue weighted by atomic mass is 9.99. The van der Waals surface area contributed by atoms with E-state index in [1.165, 1.54) is 47.1 Å². The molecule has 1 saturated heterocycles.